The van der Waals surface area contributed by atoms with Gasteiger partial charge in [-0.05, 0) is 25.8 Å². The van der Waals surface area contributed by atoms with Gasteiger partial charge in [0.1, 0.15) is 0 Å². The molecule has 112 valence electrons. The third kappa shape index (κ3) is 4.77. The molecule has 0 aromatic carbocycles. The second-order valence-electron chi connectivity index (χ2n) is 5.71. The van der Waals surface area contributed by atoms with E-state index >= 15 is 0 Å². The summed E-state index contributed by atoms with van der Waals surface area (Å²) in [4.78, 5) is 14.3. The number of nitrogens with two attached hydrogens (primary N) is 1. The summed E-state index contributed by atoms with van der Waals surface area (Å²) in [5.74, 6) is 0.147. The van der Waals surface area contributed by atoms with Crippen molar-refractivity contribution in [1.29, 1.82) is 0 Å². The van der Waals surface area contributed by atoms with E-state index in [1.807, 2.05) is 0 Å². The lowest BCUT2D eigenvalue weighted by Gasteiger charge is -2.45. The number of unbranched alkanes of at least 4 members (excludes halogenated alkanes) is 1. The molecule has 19 heavy (non-hydrogen) atoms. The van der Waals surface area contributed by atoms with Crippen molar-refractivity contribution in [1.82, 2.24) is 10.2 Å². The molecule has 3 N–H and O–H groups in total. The van der Waals surface area contributed by atoms with E-state index in [0.717, 1.165) is 38.8 Å². The number of hydrogen-bond donors (Lipinski definition) is 2. The molecule has 0 unspecified atom stereocenters. The van der Waals surface area contributed by atoms with Crippen LogP contribution in [-0.2, 0) is 4.79 Å². The lowest BCUT2D eigenvalue weighted by molar-refractivity contribution is -0.124. The van der Waals surface area contributed by atoms with E-state index in [4.69, 9.17) is 5.73 Å². The number of nitrogens with zero attached hydrogens (tertiary/aromatic N) is 1. The maximum Gasteiger partial charge on any atom is 0.234 e. The SMILES string of the molecule is CCCCNC(=O)CN(CC)C1(CN)CCCCC1. The van der Waals surface area contributed by atoms with Gasteiger partial charge in [-0.3, -0.25) is 9.69 Å². The van der Waals surface area contributed by atoms with Crippen LogP contribution in [-0.4, -0.2) is 42.5 Å². The molecule has 0 aromatic heterocycles. The van der Waals surface area contributed by atoms with Gasteiger partial charge < -0.3 is 11.1 Å². The molecule has 0 bridgehead atoms. The Labute approximate surface area is 118 Å². The minimum atomic E-state index is 0.0646. The summed E-state index contributed by atoms with van der Waals surface area (Å²) in [5, 5.41) is 3.01. The third-order valence-electron chi connectivity index (χ3n) is 4.40. The van der Waals surface area contributed by atoms with Crippen LogP contribution in [0, 0.1) is 0 Å². The fourth-order valence-electron chi connectivity index (χ4n) is 3.11. The second kappa shape index (κ2) is 8.54. The number of rotatable bonds is 8. The molecule has 1 saturated carbocycles. The highest BCUT2D eigenvalue weighted by Gasteiger charge is 2.36. The smallest absolute Gasteiger partial charge is 0.234 e. The van der Waals surface area contributed by atoms with Crippen LogP contribution in [0.15, 0.2) is 0 Å². The minimum Gasteiger partial charge on any atom is -0.355 e. The lowest BCUT2D eigenvalue weighted by Crippen LogP contribution is -2.57. The number of amides is 1. The number of carbonyl (C=O) groups excluding carboxylic acids is 1. The van der Waals surface area contributed by atoms with Crippen LogP contribution < -0.4 is 11.1 Å². The third-order valence-corrected chi connectivity index (χ3v) is 4.40. The summed E-state index contributed by atoms with van der Waals surface area (Å²) in [7, 11) is 0. The van der Waals surface area contributed by atoms with Crippen LogP contribution in [0.1, 0.15) is 58.8 Å². The first-order valence-electron chi connectivity index (χ1n) is 7.90. The zero-order valence-corrected chi connectivity index (χ0v) is 12.7. The van der Waals surface area contributed by atoms with Crippen LogP contribution in [0.5, 0.6) is 0 Å². The first-order valence-corrected chi connectivity index (χ1v) is 7.90. The van der Waals surface area contributed by atoms with Gasteiger partial charge in [-0.25, -0.2) is 0 Å². The fraction of sp³-hybridized carbons (Fsp3) is 0.933. The molecule has 1 fully saturated rings. The van der Waals surface area contributed by atoms with Crippen LogP contribution in [0.2, 0.25) is 0 Å². The topological polar surface area (TPSA) is 58.4 Å². The van der Waals surface area contributed by atoms with Gasteiger partial charge in [-0.2, -0.15) is 0 Å². The van der Waals surface area contributed by atoms with Gasteiger partial charge in [0, 0.05) is 18.6 Å². The van der Waals surface area contributed by atoms with Gasteiger partial charge in [0.15, 0.2) is 0 Å². The minimum absolute atomic E-state index is 0.0646. The average Bonchev–Trinajstić information content (AvgIpc) is 2.45. The molecule has 0 atom stereocenters. The largest absolute Gasteiger partial charge is 0.355 e. The number of nitrogens with one attached hydrogen (secondary N) is 1. The molecule has 0 aromatic rings. The van der Waals surface area contributed by atoms with Gasteiger partial charge >= 0.3 is 0 Å². The molecule has 1 aliphatic carbocycles. The van der Waals surface area contributed by atoms with Crippen LogP contribution >= 0.6 is 0 Å². The van der Waals surface area contributed by atoms with Crippen molar-refractivity contribution in [3.63, 3.8) is 0 Å². The number of hydrogen-bond acceptors (Lipinski definition) is 3. The Kier molecular flexibility index (Phi) is 7.39. The Morgan fingerprint density at radius 2 is 1.95 bits per heavy atom. The van der Waals surface area contributed by atoms with Gasteiger partial charge in [-0.1, -0.05) is 39.5 Å². The molecule has 0 heterocycles. The molecule has 0 spiro atoms. The second-order valence-corrected chi connectivity index (χ2v) is 5.71. The molecule has 1 amide bonds. The predicted molar refractivity (Wildman–Crippen MR) is 80.0 cm³/mol. The van der Waals surface area contributed by atoms with Crippen molar-refractivity contribution < 1.29 is 4.79 Å². The molecule has 4 heteroatoms. The standard InChI is InChI=1S/C15H31N3O/c1-3-5-11-17-14(19)12-18(4-2)15(13-16)9-7-6-8-10-15/h3-13,16H2,1-2H3,(H,17,19). The summed E-state index contributed by atoms with van der Waals surface area (Å²) in [6.45, 7) is 7.13. The Morgan fingerprint density at radius 1 is 1.26 bits per heavy atom. The molecule has 0 aliphatic heterocycles. The predicted octanol–water partition coefficient (Wildman–Crippen LogP) is 1.89. The van der Waals surface area contributed by atoms with Crippen LogP contribution in [0.3, 0.4) is 0 Å². The summed E-state index contributed by atoms with van der Waals surface area (Å²) in [5.41, 5.74) is 6.10. The van der Waals surface area contributed by atoms with E-state index in [9.17, 15) is 4.79 Å². The van der Waals surface area contributed by atoms with Crippen LogP contribution in [0.4, 0.5) is 0 Å². The lowest BCUT2D eigenvalue weighted by atomic mass is 9.80. The molecule has 1 aliphatic rings. The van der Waals surface area contributed by atoms with Gasteiger partial charge in [0.25, 0.3) is 0 Å². The van der Waals surface area contributed by atoms with Crippen molar-refractivity contribution in [2.75, 3.05) is 26.2 Å². The van der Waals surface area contributed by atoms with Crippen molar-refractivity contribution in [2.24, 2.45) is 5.73 Å². The molecule has 1 rings (SSSR count). The van der Waals surface area contributed by atoms with Crippen LogP contribution in [0.25, 0.3) is 0 Å². The van der Waals surface area contributed by atoms with Crippen molar-refractivity contribution in [3.8, 4) is 0 Å². The van der Waals surface area contributed by atoms with E-state index in [0.29, 0.717) is 13.1 Å². The van der Waals surface area contributed by atoms with E-state index in [2.05, 4.69) is 24.1 Å². The first kappa shape index (κ1) is 16.4. The zero-order valence-electron chi connectivity index (χ0n) is 12.7. The quantitative estimate of drug-likeness (QED) is 0.662. The monoisotopic (exact) mass is 269 g/mol. The van der Waals surface area contributed by atoms with Crippen molar-refractivity contribution in [3.05, 3.63) is 0 Å². The zero-order chi connectivity index (χ0) is 14.1. The van der Waals surface area contributed by atoms with E-state index in [-0.39, 0.29) is 11.4 Å². The molecular formula is C15H31N3O. The maximum atomic E-state index is 12.0. The first-order chi connectivity index (χ1) is 9.18. The number of carbonyl (C=O) groups is 1. The Morgan fingerprint density at radius 3 is 2.47 bits per heavy atom. The summed E-state index contributed by atoms with van der Waals surface area (Å²) in [6, 6.07) is 0. The summed E-state index contributed by atoms with van der Waals surface area (Å²) < 4.78 is 0. The Hall–Kier alpha value is -0.610. The Balaban J connectivity index is 2.52. The summed E-state index contributed by atoms with van der Waals surface area (Å²) in [6.07, 6.45) is 8.24. The Bertz CT molecular complexity index is 262. The van der Waals surface area contributed by atoms with Gasteiger partial charge in [-0.15, -0.1) is 0 Å². The number of likely N-dealkylation sites (N-methyl/N-ethyl adjacent to an activating group) is 1. The van der Waals surface area contributed by atoms with E-state index in [1.54, 1.807) is 0 Å². The van der Waals surface area contributed by atoms with E-state index < -0.39 is 0 Å². The van der Waals surface area contributed by atoms with Crippen molar-refractivity contribution >= 4 is 5.91 Å². The molecular weight excluding hydrogens is 238 g/mol. The normalized spacial score (nSPS) is 18.5. The average molecular weight is 269 g/mol. The molecule has 0 saturated heterocycles. The maximum absolute atomic E-state index is 12.0. The van der Waals surface area contributed by atoms with Gasteiger partial charge in [0.05, 0.1) is 6.54 Å². The highest BCUT2D eigenvalue weighted by atomic mass is 16.2. The molecule has 4 nitrogen and oxygen atoms in total. The highest BCUT2D eigenvalue weighted by molar-refractivity contribution is 5.78. The van der Waals surface area contributed by atoms with E-state index in [1.165, 1.54) is 19.3 Å². The van der Waals surface area contributed by atoms with Gasteiger partial charge in [0.2, 0.25) is 5.91 Å². The molecule has 0 radical (unpaired) electrons. The van der Waals surface area contributed by atoms with Crippen molar-refractivity contribution in [2.45, 2.75) is 64.3 Å². The fourth-order valence-corrected chi connectivity index (χ4v) is 3.11. The summed E-state index contributed by atoms with van der Waals surface area (Å²) >= 11 is 0. The highest BCUT2D eigenvalue weighted by Crippen LogP contribution is 2.32.